The SMILES string of the molecule is CSC(C(=O)OCC(O)C1OC(=O)C(O)=C1O)c1ccc(CC(C)C)cc1. The van der Waals surface area contributed by atoms with Gasteiger partial charge in [0.2, 0.25) is 5.76 Å². The minimum atomic E-state index is -1.49. The van der Waals surface area contributed by atoms with Crippen LogP contribution in [0.5, 0.6) is 0 Å². The Hall–Kier alpha value is -2.19. The molecule has 8 heteroatoms. The predicted octanol–water partition coefficient (Wildman–Crippen LogP) is 2.45. The zero-order valence-electron chi connectivity index (χ0n) is 15.4. The maximum absolute atomic E-state index is 12.4. The van der Waals surface area contributed by atoms with E-state index in [1.807, 2.05) is 24.3 Å². The van der Waals surface area contributed by atoms with E-state index in [2.05, 4.69) is 18.6 Å². The van der Waals surface area contributed by atoms with Crippen LogP contribution in [-0.2, 0) is 25.5 Å². The predicted molar refractivity (Wildman–Crippen MR) is 100 cm³/mol. The van der Waals surface area contributed by atoms with Crippen LogP contribution in [0.1, 0.15) is 30.2 Å². The summed E-state index contributed by atoms with van der Waals surface area (Å²) >= 11 is 1.30. The van der Waals surface area contributed by atoms with Crippen LogP contribution in [0.2, 0.25) is 0 Å². The maximum Gasteiger partial charge on any atom is 0.377 e. The van der Waals surface area contributed by atoms with Gasteiger partial charge in [-0.2, -0.15) is 0 Å². The molecule has 0 saturated heterocycles. The zero-order valence-corrected chi connectivity index (χ0v) is 16.2. The van der Waals surface area contributed by atoms with Crippen molar-refractivity contribution >= 4 is 23.7 Å². The van der Waals surface area contributed by atoms with Gasteiger partial charge in [-0.05, 0) is 29.7 Å². The summed E-state index contributed by atoms with van der Waals surface area (Å²) in [6.45, 7) is 3.78. The highest BCUT2D eigenvalue weighted by Crippen LogP contribution is 2.29. The molecule has 1 aliphatic heterocycles. The first-order chi connectivity index (χ1) is 12.7. The van der Waals surface area contributed by atoms with Gasteiger partial charge in [-0.3, -0.25) is 4.79 Å². The van der Waals surface area contributed by atoms with Crippen molar-refractivity contribution in [3.8, 4) is 0 Å². The van der Waals surface area contributed by atoms with Crippen molar-refractivity contribution in [3.05, 3.63) is 46.9 Å². The molecule has 0 saturated carbocycles. The summed E-state index contributed by atoms with van der Waals surface area (Å²) in [5.41, 5.74) is 1.96. The minimum absolute atomic E-state index is 0.489. The molecule has 0 aliphatic carbocycles. The number of carbonyl (C=O) groups excluding carboxylic acids is 2. The van der Waals surface area contributed by atoms with Crippen LogP contribution in [0.25, 0.3) is 0 Å². The first-order valence-electron chi connectivity index (χ1n) is 8.54. The molecule has 27 heavy (non-hydrogen) atoms. The Labute approximate surface area is 162 Å². The average molecular weight is 396 g/mol. The Morgan fingerprint density at radius 3 is 2.37 bits per heavy atom. The lowest BCUT2D eigenvalue weighted by Gasteiger charge is -2.19. The molecular weight excluding hydrogens is 372 g/mol. The van der Waals surface area contributed by atoms with Gasteiger partial charge in [0.05, 0.1) is 0 Å². The second kappa shape index (κ2) is 9.14. The Morgan fingerprint density at radius 2 is 1.89 bits per heavy atom. The van der Waals surface area contributed by atoms with Crippen LogP contribution in [0.15, 0.2) is 35.8 Å². The first kappa shape index (κ1) is 21.1. The third-order valence-corrected chi connectivity index (χ3v) is 5.00. The quantitative estimate of drug-likeness (QED) is 0.574. The number of aliphatic hydroxyl groups is 3. The van der Waals surface area contributed by atoms with Gasteiger partial charge in [0.15, 0.2) is 11.9 Å². The number of benzene rings is 1. The second-order valence-electron chi connectivity index (χ2n) is 6.71. The van der Waals surface area contributed by atoms with Crippen molar-refractivity contribution in [2.24, 2.45) is 5.92 Å². The highest BCUT2D eigenvalue weighted by atomic mass is 32.2. The maximum atomic E-state index is 12.4. The first-order valence-corrected chi connectivity index (χ1v) is 9.82. The average Bonchev–Trinajstić information content (AvgIpc) is 2.88. The Balaban J connectivity index is 1.96. The van der Waals surface area contributed by atoms with Crippen molar-refractivity contribution < 1.29 is 34.4 Å². The highest BCUT2D eigenvalue weighted by Gasteiger charge is 2.40. The molecule has 148 valence electrons. The Bertz CT molecular complexity index is 711. The monoisotopic (exact) mass is 396 g/mol. The summed E-state index contributed by atoms with van der Waals surface area (Å²) in [4.78, 5) is 23.5. The smallest absolute Gasteiger partial charge is 0.377 e. The fourth-order valence-corrected chi connectivity index (χ4v) is 3.42. The number of thioether (sulfide) groups is 1. The van der Waals surface area contributed by atoms with Crippen molar-refractivity contribution in [1.82, 2.24) is 0 Å². The van der Waals surface area contributed by atoms with E-state index in [9.17, 15) is 24.9 Å². The summed E-state index contributed by atoms with van der Waals surface area (Å²) in [6.07, 6.45) is -0.215. The molecule has 0 bridgehead atoms. The third kappa shape index (κ3) is 5.17. The Morgan fingerprint density at radius 1 is 1.26 bits per heavy atom. The van der Waals surface area contributed by atoms with E-state index in [1.165, 1.54) is 17.3 Å². The van der Waals surface area contributed by atoms with E-state index in [1.54, 1.807) is 6.26 Å². The summed E-state index contributed by atoms with van der Waals surface area (Å²) in [5, 5.41) is 28.2. The largest absolute Gasteiger partial charge is 0.505 e. The molecule has 1 aromatic rings. The van der Waals surface area contributed by atoms with Gasteiger partial charge in [-0.1, -0.05) is 38.1 Å². The number of ether oxygens (including phenoxy) is 2. The van der Waals surface area contributed by atoms with E-state index in [4.69, 9.17) is 4.74 Å². The number of hydrogen-bond donors (Lipinski definition) is 3. The molecule has 3 atom stereocenters. The summed E-state index contributed by atoms with van der Waals surface area (Å²) in [7, 11) is 0. The van der Waals surface area contributed by atoms with Gasteiger partial charge >= 0.3 is 11.9 Å². The van der Waals surface area contributed by atoms with Crippen LogP contribution in [-0.4, -0.2) is 52.3 Å². The number of rotatable bonds is 8. The fourth-order valence-electron chi connectivity index (χ4n) is 2.73. The molecule has 1 aliphatic rings. The Kier molecular flexibility index (Phi) is 7.15. The van der Waals surface area contributed by atoms with E-state index >= 15 is 0 Å². The van der Waals surface area contributed by atoms with Crippen molar-refractivity contribution in [2.45, 2.75) is 37.7 Å². The summed E-state index contributed by atoms with van der Waals surface area (Å²) < 4.78 is 9.76. The fraction of sp³-hybridized carbons (Fsp3) is 0.474. The number of cyclic esters (lactones) is 1. The van der Waals surface area contributed by atoms with Crippen molar-refractivity contribution in [1.29, 1.82) is 0 Å². The van der Waals surface area contributed by atoms with Gasteiger partial charge in [0.1, 0.15) is 18.0 Å². The molecule has 2 rings (SSSR count). The van der Waals surface area contributed by atoms with Gasteiger partial charge in [0.25, 0.3) is 0 Å². The zero-order chi connectivity index (χ0) is 20.1. The molecule has 0 fully saturated rings. The van der Waals surface area contributed by atoms with Crippen LogP contribution in [0.4, 0.5) is 0 Å². The molecule has 0 aromatic heterocycles. The van der Waals surface area contributed by atoms with Gasteiger partial charge in [-0.15, -0.1) is 11.8 Å². The molecule has 0 amide bonds. The molecule has 7 nitrogen and oxygen atoms in total. The van der Waals surface area contributed by atoms with Gasteiger partial charge in [0, 0.05) is 0 Å². The summed E-state index contributed by atoms with van der Waals surface area (Å²) in [5.74, 6) is -2.88. The highest BCUT2D eigenvalue weighted by molar-refractivity contribution is 7.99. The lowest BCUT2D eigenvalue weighted by Crippen LogP contribution is -2.34. The molecule has 0 spiro atoms. The van der Waals surface area contributed by atoms with Gasteiger partial charge in [-0.25, -0.2) is 4.79 Å². The number of aliphatic hydroxyl groups excluding tert-OH is 3. The summed E-state index contributed by atoms with van der Waals surface area (Å²) in [6, 6.07) is 7.71. The molecule has 3 N–H and O–H groups in total. The molecule has 1 heterocycles. The molecule has 0 radical (unpaired) electrons. The number of hydrogen-bond acceptors (Lipinski definition) is 8. The van der Waals surface area contributed by atoms with Crippen LogP contribution >= 0.6 is 11.8 Å². The van der Waals surface area contributed by atoms with E-state index in [-0.39, 0.29) is 0 Å². The topological polar surface area (TPSA) is 113 Å². The lowest BCUT2D eigenvalue weighted by atomic mass is 10.0. The van der Waals surface area contributed by atoms with E-state index in [0.717, 1.165) is 12.0 Å². The standard InChI is InChI=1S/C19H24O7S/c1-10(2)8-11-4-6-12(7-5-11)17(27-3)19(24)25-9-13(20)16-14(21)15(22)18(23)26-16/h4-7,10,13,16-17,20-22H,8-9H2,1-3H3. The third-order valence-electron chi connectivity index (χ3n) is 4.06. The van der Waals surface area contributed by atoms with Crippen molar-refractivity contribution in [2.75, 3.05) is 12.9 Å². The minimum Gasteiger partial charge on any atom is -0.505 e. The molecule has 1 aromatic carbocycles. The number of carbonyl (C=O) groups is 2. The van der Waals surface area contributed by atoms with E-state index in [0.29, 0.717) is 5.92 Å². The molecular formula is C19H24O7S. The second-order valence-corrected chi connectivity index (χ2v) is 7.66. The lowest BCUT2D eigenvalue weighted by molar-refractivity contribution is -0.154. The van der Waals surface area contributed by atoms with Crippen LogP contribution < -0.4 is 0 Å². The van der Waals surface area contributed by atoms with Crippen LogP contribution in [0.3, 0.4) is 0 Å². The van der Waals surface area contributed by atoms with Crippen molar-refractivity contribution in [3.63, 3.8) is 0 Å². The normalized spacial score (nSPS) is 19.1. The number of esters is 2. The van der Waals surface area contributed by atoms with E-state index < -0.39 is 47.5 Å². The molecule has 3 unspecified atom stereocenters. The van der Waals surface area contributed by atoms with Gasteiger partial charge < -0.3 is 24.8 Å². The van der Waals surface area contributed by atoms with Crippen LogP contribution in [0, 0.1) is 5.92 Å².